The van der Waals surface area contributed by atoms with Crippen molar-refractivity contribution in [2.45, 2.75) is 32.9 Å². The highest BCUT2D eigenvalue weighted by atomic mass is 16.5. The van der Waals surface area contributed by atoms with Gasteiger partial charge in [0.15, 0.2) is 5.75 Å². The SMILES string of the molecule is CCC(NC)c1cccc(Oc2cnn(CC)c2)c1. The molecular formula is C15H21N3O. The molecule has 0 bridgehead atoms. The third-order valence-electron chi connectivity index (χ3n) is 3.19. The third-order valence-corrected chi connectivity index (χ3v) is 3.19. The second-order valence-electron chi connectivity index (χ2n) is 4.46. The standard InChI is InChI=1S/C15H21N3O/c1-4-15(16-3)12-7-6-8-13(9-12)19-14-10-17-18(5-2)11-14/h6-11,15-16H,4-5H2,1-3H3. The highest BCUT2D eigenvalue weighted by Crippen LogP contribution is 2.25. The maximum absolute atomic E-state index is 5.83. The quantitative estimate of drug-likeness (QED) is 0.864. The van der Waals surface area contributed by atoms with E-state index in [2.05, 4.69) is 36.4 Å². The van der Waals surface area contributed by atoms with Gasteiger partial charge in [0.2, 0.25) is 0 Å². The van der Waals surface area contributed by atoms with E-state index in [1.54, 1.807) is 6.20 Å². The maximum Gasteiger partial charge on any atom is 0.165 e. The Labute approximate surface area is 114 Å². The molecule has 1 unspecified atom stereocenters. The Morgan fingerprint density at radius 1 is 1.32 bits per heavy atom. The molecule has 1 atom stereocenters. The Balaban J connectivity index is 2.14. The molecule has 1 aromatic carbocycles. The van der Waals surface area contributed by atoms with Crippen molar-refractivity contribution < 1.29 is 4.74 Å². The van der Waals surface area contributed by atoms with E-state index in [1.807, 2.05) is 30.1 Å². The first kappa shape index (κ1) is 13.6. The molecule has 4 heteroatoms. The van der Waals surface area contributed by atoms with Crippen molar-refractivity contribution in [2.24, 2.45) is 0 Å². The van der Waals surface area contributed by atoms with Gasteiger partial charge in [-0.2, -0.15) is 5.10 Å². The van der Waals surface area contributed by atoms with Gasteiger partial charge in [-0.15, -0.1) is 0 Å². The van der Waals surface area contributed by atoms with Crippen LogP contribution < -0.4 is 10.1 Å². The number of hydrogen-bond donors (Lipinski definition) is 1. The minimum atomic E-state index is 0.363. The maximum atomic E-state index is 5.83. The second-order valence-corrected chi connectivity index (χ2v) is 4.46. The number of nitrogens with one attached hydrogen (secondary N) is 1. The predicted octanol–water partition coefficient (Wildman–Crippen LogP) is 3.37. The van der Waals surface area contributed by atoms with Gasteiger partial charge >= 0.3 is 0 Å². The molecule has 0 aliphatic carbocycles. The minimum Gasteiger partial charge on any atom is -0.454 e. The van der Waals surface area contributed by atoms with Gasteiger partial charge < -0.3 is 10.1 Å². The number of nitrogens with zero attached hydrogens (tertiary/aromatic N) is 2. The monoisotopic (exact) mass is 259 g/mol. The summed E-state index contributed by atoms with van der Waals surface area (Å²) in [5.41, 5.74) is 1.24. The Bertz CT molecular complexity index is 518. The summed E-state index contributed by atoms with van der Waals surface area (Å²) in [5, 5.41) is 7.50. The Kier molecular flexibility index (Phi) is 4.58. The Morgan fingerprint density at radius 2 is 2.16 bits per heavy atom. The zero-order valence-corrected chi connectivity index (χ0v) is 11.8. The van der Waals surface area contributed by atoms with Crippen molar-refractivity contribution in [3.05, 3.63) is 42.2 Å². The van der Waals surface area contributed by atoms with Gasteiger partial charge in [0, 0.05) is 12.6 Å². The first-order chi connectivity index (χ1) is 9.26. The zero-order chi connectivity index (χ0) is 13.7. The van der Waals surface area contributed by atoms with Crippen LogP contribution in [-0.2, 0) is 6.54 Å². The molecule has 4 nitrogen and oxygen atoms in total. The van der Waals surface area contributed by atoms with Crippen LogP contribution in [0.15, 0.2) is 36.7 Å². The summed E-state index contributed by atoms with van der Waals surface area (Å²) in [5.74, 6) is 1.62. The number of aromatic nitrogens is 2. The fourth-order valence-corrected chi connectivity index (χ4v) is 2.11. The van der Waals surface area contributed by atoms with Crippen LogP contribution in [0.1, 0.15) is 31.9 Å². The van der Waals surface area contributed by atoms with E-state index in [0.717, 1.165) is 24.5 Å². The van der Waals surface area contributed by atoms with E-state index in [1.165, 1.54) is 5.56 Å². The van der Waals surface area contributed by atoms with Gasteiger partial charge in [-0.1, -0.05) is 19.1 Å². The molecule has 2 aromatic rings. The molecule has 0 spiro atoms. The molecule has 1 heterocycles. The van der Waals surface area contributed by atoms with Crippen LogP contribution in [0.2, 0.25) is 0 Å². The molecule has 0 aliphatic rings. The average molecular weight is 259 g/mol. The summed E-state index contributed by atoms with van der Waals surface area (Å²) in [4.78, 5) is 0. The lowest BCUT2D eigenvalue weighted by Gasteiger charge is -2.15. The Morgan fingerprint density at radius 3 is 2.79 bits per heavy atom. The van der Waals surface area contributed by atoms with Crippen LogP contribution in [0, 0.1) is 0 Å². The van der Waals surface area contributed by atoms with Gasteiger partial charge in [-0.25, -0.2) is 0 Å². The highest BCUT2D eigenvalue weighted by Gasteiger charge is 2.08. The molecular weight excluding hydrogens is 238 g/mol. The van der Waals surface area contributed by atoms with Gasteiger partial charge in [0.05, 0.1) is 12.4 Å². The van der Waals surface area contributed by atoms with E-state index in [0.29, 0.717) is 6.04 Å². The molecule has 1 N–H and O–H groups in total. The first-order valence-electron chi connectivity index (χ1n) is 6.74. The van der Waals surface area contributed by atoms with Gasteiger partial charge in [-0.3, -0.25) is 4.68 Å². The van der Waals surface area contributed by atoms with E-state index >= 15 is 0 Å². The summed E-state index contributed by atoms with van der Waals surface area (Å²) >= 11 is 0. The van der Waals surface area contributed by atoms with Gasteiger partial charge in [-0.05, 0) is 38.1 Å². The van der Waals surface area contributed by atoms with Crippen LogP contribution in [0.5, 0.6) is 11.5 Å². The normalized spacial score (nSPS) is 12.4. The van der Waals surface area contributed by atoms with Crippen LogP contribution in [0.25, 0.3) is 0 Å². The molecule has 0 radical (unpaired) electrons. The molecule has 102 valence electrons. The molecule has 0 aliphatic heterocycles. The number of benzene rings is 1. The van der Waals surface area contributed by atoms with E-state index < -0.39 is 0 Å². The van der Waals surface area contributed by atoms with Crippen LogP contribution in [0.3, 0.4) is 0 Å². The summed E-state index contributed by atoms with van der Waals surface area (Å²) < 4.78 is 7.68. The van der Waals surface area contributed by atoms with Crippen LogP contribution >= 0.6 is 0 Å². The second kappa shape index (κ2) is 6.38. The topological polar surface area (TPSA) is 39.1 Å². The van der Waals surface area contributed by atoms with Crippen molar-refractivity contribution in [1.29, 1.82) is 0 Å². The molecule has 0 amide bonds. The molecule has 1 aromatic heterocycles. The lowest BCUT2D eigenvalue weighted by molar-refractivity contribution is 0.478. The first-order valence-corrected chi connectivity index (χ1v) is 6.74. The van der Waals surface area contributed by atoms with Crippen molar-refractivity contribution >= 4 is 0 Å². The highest BCUT2D eigenvalue weighted by molar-refractivity contribution is 5.33. The molecule has 0 saturated carbocycles. The fraction of sp³-hybridized carbons (Fsp3) is 0.400. The minimum absolute atomic E-state index is 0.363. The number of aryl methyl sites for hydroxylation is 1. The zero-order valence-electron chi connectivity index (χ0n) is 11.8. The van der Waals surface area contributed by atoms with Crippen molar-refractivity contribution in [3.63, 3.8) is 0 Å². The largest absolute Gasteiger partial charge is 0.454 e. The van der Waals surface area contributed by atoms with Gasteiger partial charge in [0.1, 0.15) is 5.75 Å². The van der Waals surface area contributed by atoms with Crippen molar-refractivity contribution in [1.82, 2.24) is 15.1 Å². The smallest absolute Gasteiger partial charge is 0.165 e. The van der Waals surface area contributed by atoms with Crippen LogP contribution in [-0.4, -0.2) is 16.8 Å². The van der Waals surface area contributed by atoms with Crippen molar-refractivity contribution in [3.8, 4) is 11.5 Å². The molecule has 19 heavy (non-hydrogen) atoms. The average Bonchev–Trinajstić information content (AvgIpc) is 2.88. The third kappa shape index (κ3) is 3.35. The lowest BCUT2D eigenvalue weighted by Crippen LogP contribution is -2.14. The summed E-state index contributed by atoms with van der Waals surface area (Å²) in [6.07, 6.45) is 4.70. The van der Waals surface area contributed by atoms with E-state index in [4.69, 9.17) is 4.74 Å². The summed E-state index contributed by atoms with van der Waals surface area (Å²) in [6.45, 7) is 5.07. The fourth-order valence-electron chi connectivity index (χ4n) is 2.11. The lowest BCUT2D eigenvalue weighted by atomic mass is 10.0. The van der Waals surface area contributed by atoms with Gasteiger partial charge in [0.25, 0.3) is 0 Å². The molecule has 0 fully saturated rings. The van der Waals surface area contributed by atoms with E-state index in [9.17, 15) is 0 Å². The van der Waals surface area contributed by atoms with Crippen LogP contribution in [0.4, 0.5) is 0 Å². The number of rotatable bonds is 6. The predicted molar refractivity (Wildman–Crippen MR) is 76.5 cm³/mol. The summed E-state index contributed by atoms with van der Waals surface area (Å²) in [6, 6.07) is 8.55. The number of hydrogen-bond acceptors (Lipinski definition) is 3. The molecule has 0 saturated heterocycles. The molecule has 2 rings (SSSR count). The van der Waals surface area contributed by atoms with E-state index in [-0.39, 0.29) is 0 Å². The Hall–Kier alpha value is -1.81. The van der Waals surface area contributed by atoms with Crippen molar-refractivity contribution in [2.75, 3.05) is 7.05 Å². The number of ether oxygens (including phenoxy) is 1. The summed E-state index contributed by atoms with van der Waals surface area (Å²) in [7, 11) is 1.98.